The number of anilines is 1. The highest BCUT2D eigenvalue weighted by molar-refractivity contribution is 7.89. The number of hydrogen-bond acceptors (Lipinski definition) is 4. The summed E-state index contributed by atoms with van der Waals surface area (Å²) in [6.07, 6.45) is 3.51. The van der Waals surface area contributed by atoms with Gasteiger partial charge in [0, 0.05) is 6.20 Å². The number of aryl methyl sites for hydroxylation is 1. The lowest BCUT2D eigenvalue weighted by molar-refractivity contribution is 0.598. The van der Waals surface area contributed by atoms with Crippen LogP contribution in [0.25, 0.3) is 5.69 Å². The van der Waals surface area contributed by atoms with Gasteiger partial charge in [-0.25, -0.2) is 18.2 Å². The van der Waals surface area contributed by atoms with E-state index in [2.05, 4.69) is 5.10 Å². The van der Waals surface area contributed by atoms with Gasteiger partial charge in [0.05, 0.1) is 17.6 Å². The predicted octanol–water partition coefficient (Wildman–Crippen LogP) is 0.410. The van der Waals surface area contributed by atoms with E-state index in [1.165, 1.54) is 12.1 Å². The zero-order valence-corrected chi connectivity index (χ0v) is 9.98. The first kappa shape index (κ1) is 11.6. The van der Waals surface area contributed by atoms with Crippen molar-refractivity contribution in [1.82, 2.24) is 9.78 Å². The Morgan fingerprint density at radius 2 is 2.06 bits per heavy atom. The maximum absolute atomic E-state index is 11.2. The Kier molecular flexibility index (Phi) is 2.64. The van der Waals surface area contributed by atoms with Gasteiger partial charge in [0.15, 0.2) is 0 Å². The maximum atomic E-state index is 11.2. The lowest BCUT2D eigenvalue weighted by Gasteiger charge is -2.06. The van der Waals surface area contributed by atoms with Crippen molar-refractivity contribution in [2.45, 2.75) is 11.8 Å². The van der Waals surface area contributed by atoms with Crippen LogP contribution in [-0.4, -0.2) is 18.2 Å². The molecule has 7 heteroatoms. The number of nitrogen functional groups attached to an aromatic ring is 1. The van der Waals surface area contributed by atoms with Crippen LogP contribution in [0, 0.1) is 6.92 Å². The van der Waals surface area contributed by atoms with E-state index in [-0.39, 0.29) is 10.6 Å². The summed E-state index contributed by atoms with van der Waals surface area (Å²) in [5.41, 5.74) is 7.44. The predicted molar refractivity (Wildman–Crippen MR) is 64.1 cm³/mol. The highest BCUT2D eigenvalue weighted by Gasteiger charge is 2.12. The number of sulfonamides is 1. The smallest absolute Gasteiger partial charge is 0.240 e. The Balaban J connectivity index is 2.52. The van der Waals surface area contributed by atoms with Gasteiger partial charge in [-0.05, 0) is 30.7 Å². The number of aromatic nitrogens is 2. The van der Waals surface area contributed by atoms with Crippen molar-refractivity contribution in [2.75, 3.05) is 5.73 Å². The van der Waals surface area contributed by atoms with Crippen LogP contribution in [0.1, 0.15) is 5.56 Å². The molecule has 0 amide bonds. The number of nitrogens with zero attached hydrogens (tertiary/aromatic N) is 2. The van der Waals surface area contributed by atoms with Gasteiger partial charge < -0.3 is 5.73 Å². The van der Waals surface area contributed by atoms with Gasteiger partial charge in [-0.3, -0.25) is 0 Å². The molecule has 1 aromatic carbocycles. The molecular formula is C10H12N4O2S. The van der Waals surface area contributed by atoms with Gasteiger partial charge in [0.1, 0.15) is 4.90 Å². The third-order valence-corrected chi connectivity index (χ3v) is 3.26. The van der Waals surface area contributed by atoms with Gasteiger partial charge in [-0.1, -0.05) is 0 Å². The van der Waals surface area contributed by atoms with Crippen LogP contribution in [0.3, 0.4) is 0 Å². The van der Waals surface area contributed by atoms with Crippen molar-refractivity contribution in [1.29, 1.82) is 0 Å². The van der Waals surface area contributed by atoms with Gasteiger partial charge in [0.2, 0.25) is 10.0 Å². The standard InChI is InChI=1S/C10H12N4O2S/c1-7-5-13-14(6-7)8-2-3-10(9(11)4-8)17(12,15)16/h2-6H,11H2,1H3,(H2,12,15,16). The molecule has 0 radical (unpaired) electrons. The van der Waals surface area contributed by atoms with Crippen molar-refractivity contribution < 1.29 is 8.42 Å². The summed E-state index contributed by atoms with van der Waals surface area (Å²) in [4.78, 5) is -0.0786. The minimum absolute atomic E-state index is 0.0786. The molecule has 2 rings (SSSR count). The molecule has 0 saturated heterocycles. The highest BCUT2D eigenvalue weighted by atomic mass is 32.2. The van der Waals surface area contributed by atoms with Crippen molar-refractivity contribution in [3.8, 4) is 5.69 Å². The maximum Gasteiger partial charge on any atom is 0.240 e. The zero-order chi connectivity index (χ0) is 12.6. The van der Waals surface area contributed by atoms with E-state index in [0.29, 0.717) is 5.69 Å². The van der Waals surface area contributed by atoms with E-state index in [0.717, 1.165) is 5.56 Å². The lowest BCUT2D eigenvalue weighted by Crippen LogP contribution is -2.14. The van der Waals surface area contributed by atoms with Crippen molar-refractivity contribution in [2.24, 2.45) is 5.14 Å². The molecule has 0 spiro atoms. The van der Waals surface area contributed by atoms with Crippen LogP contribution < -0.4 is 10.9 Å². The molecule has 4 N–H and O–H groups in total. The molecule has 0 aliphatic carbocycles. The molecule has 0 bridgehead atoms. The fourth-order valence-electron chi connectivity index (χ4n) is 1.49. The first-order valence-electron chi connectivity index (χ1n) is 4.82. The molecule has 1 aromatic heterocycles. The average Bonchev–Trinajstić information content (AvgIpc) is 2.62. The first-order valence-corrected chi connectivity index (χ1v) is 6.36. The van der Waals surface area contributed by atoms with E-state index < -0.39 is 10.0 Å². The summed E-state index contributed by atoms with van der Waals surface area (Å²) < 4.78 is 24.0. The minimum atomic E-state index is -3.78. The van der Waals surface area contributed by atoms with Crippen LogP contribution in [-0.2, 0) is 10.0 Å². The van der Waals surface area contributed by atoms with E-state index in [9.17, 15) is 8.42 Å². The molecule has 2 aromatic rings. The Morgan fingerprint density at radius 1 is 1.35 bits per heavy atom. The highest BCUT2D eigenvalue weighted by Crippen LogP contribution is 2.20. The molecule has 0 aliphatic heterocycles. The second-order valence-corrected chi connectivity index (χ2v) is 5.26. The molecule has 6 nitrogen and oxygen atoms in total. The molecule has 0 fully saturated rings. The summed E-state index contributed by atoms with van der Waals surface area (Å²) in [6.45, 7) is 1.91. The molecule has 0 saturated carbocycles. The number of hydrogen-bond donors (Lipinski definition) is 2. The Labute approximate surface area is 98.9 Å². The van der Waals surface area contributed by atoms with Gasteiger partial charge >= 0.3 is 0 Å². The van der Waals surface area contributed by atoms with E-state index in [4.69, 9.17) is 10.9 Å². The summed E-state index contributed by atoms with van der Waals surface area (Å²) in [5, 5.41) is 9.12. The second kappa shape index (κ2) is 3.86. The lowest BCUT2D eigenvalue weighted by atomic mass is 10.3. The monoisotopic (exact) mass is 252 g/mol. The Bertz CT molecular complexity index is 661. The zero-order valence-electron chi connectivity index (χ0n) is 9.16. The molecule has 0 aliphatic rings. The van der Waals surface area contributed by atoms with Crippen molar-refractivity contribution in [3.05, 3.63) is 36.2 Å². The number of primary sulfonamides is 1. The topological polar surface area (TPSA) is 104 Å². The first-order chi connectivity index (χ1) is 7.88. The third-order valence-electron chi connectivity index (χ3n) is 2.28. The second-order valence-electron chi connectivity index (χ2n) is 3.73. The van der Waals surface area contributed by atoms with E-state index in [1.807, 2.05) is 13.1 Å². The molecule has 0 unspecified atom stereocenters. The molecule has 0 atom stereocenters. The molecule has 17 heavy (non-hydrogen) atoms. The van der Waals surface area contributed by atoms with Crippen molar-refractivity contribution in [3.63, 3.8) is 0 Å². The largest absolute Gasteiger partial charge is 0.398 e. The fraction of sp³-hybridized carbons (Fsp3) is 0.100. The van der Waals surface area contributed by atoms with E-state index >= 15 is 0 Å². The minimum Gasteiger partial charge on any atom is -0.398 e. The average molecular weight is 252 g/mol. The van der Waals surface area contributed by atoms with Crippen LogP contribution in [0.5, 0.6) is 0 Å². The molecular weight excluding hydrogens is 240 g/mol. The third kappa shape index (κ3) is 2.29. The summed E-state index contributed by atoms with van der Waals surface area (Å²) >= 11 is 0. The molecule has 90 valence electrons. The summed E-state index contributed by atoms with van der Waals surface area (Å²) in [7, 11) is -3.78. The molecule has 1 heterocycles. The van der Waals surface area contributed by atoms with Gasteiger partial charge in [-0.15, -0.1) is 0 Å². The van der Waals surface area contributed by atoms with Crippen LogP contribution >= 0.6 is 0 Å². The normalized spacial score (nSPS) is 11.6. The van der Waals surface area contributed by atoms with Crippen molar-refractivity contribution >= 4 is 15.7 Å². The summed E-state index contributed by atoms with van der Waals surface area (Å²) in [6, 6.07) is 4.49. The van der Waals surface area contributed by atoms with E-state index in [1.54, 1.807) is 16.9 Å². The Morgan fingerprint density at radius 3 is 2.53 bits per heavy atom. The SMILES string of the molecule is Cc1cnn(-c2ccc(S(N)(=O)=O)c(N)c2)c1. The van der Waals surface area contributed by atoms with Gasteiger partial charge in [0.25, 0.3) is 0 Å². The van der Waals surface area contributed by atoms with Gasteiger partial charge in [-0.2, -0.15) is 5.10 Å². The van der Waals surface area contributed by atoms with Crippen LogP contribution in [0.4, 0.5) is 5.69 Å². The number of benzene rings is 1. The number of nitrogens with two attached hydrogens (primary N) is 2. The quantitative estimate of drug-likeness (QED) is 0.755. The van der Waals surface area contributed by atoms with Crippen LogP contribution in [0.2, 0.25) is 0 Å². The fourth-order valence-corrected chi connectivity index (χ4v) is 2.14. The Hall–Kier alpha value is -1.86. The van der Waals surface area contributed by atoms with Crippen LogP contribution in [0.15, 0.2) is 35.5 Å². The summed E-state index contributed by atoms with van der Waals surface area (Å²) in [5.74, 6) is 0. The number of rotatable bonds is 2.